The molecule has 3 heterocycles. The molecule has 0 aliphatic rings. The monoisotopic (exact) mass is 291 g/mol. The fourth-order valence-electron chi connectivity index (χ4n) is 2.61. The first kappa shape index (κ1) is 12.7. The maximum absolute atomic E-state index is 12.2. The highest BCUT2D eigenvalue weighted by atomic mass is 16.1. The highest BCUT2D eigenvalue weighted by molar-refractivity contribution is 5.79. The number of nitrogens with zero attached hydrogens (tertiary/aromatic N) is 4. The summed E-state index contributed by atoms with van der Waals surface area (Å²) >= 11 is 0. The molecule has 0 bridgehead atoms. The smallest absolute Gasteiger partial charge is 0.259 e. The highest BCUT2D eigenvalue weighted by Gasteiger charge is 2.11. The van der Waals surface area contributed by atoms with Crippen molar-refractivity contribution in [2.45, 2.75) is 13.8 Å². The first-order valence-electron chi connectivity index (χ1n) is 6.95. The molecule has 22 heavy (non-hydrogen) atoms. The molecule has 108 valence electrons. The lowest BCUT2D eigenvalue weighted by Gasteiger charge is -1.99. The first-order valence-corrected chi connectivity index (χ1v) is 6.95. The average molecular weight is 291 g/mol. The number of aromatic nitrogens is 5. The average Bonchev–Trinajstić information content (AvgIpc) is 2.91. The number of H-pyrrole nitrogens is 1. The van der Waals surface area contributed by atoms with Crippen molar-refractivity contribution in [2.24, 2.45) is 0 Å². The van der Waals surface area contributed by atoms with E-state index in [2.05, 4.69) is 20.1 Å². The molecular formula is C16H13N5O. The summed E-state index contributed by atoms with van der Waals surface area (Å²) < 4.78 is 1.77. The van der Waals surface area contributed by atoms with Gasteiger partial charge in [0.2, 0.25) is 0 Å². The molecule has 4 rings (SSSR count). The van der Waals surface area contributed by atoms with E-state index in [1.165, 1.54) is 0 Å². The molecule has 6 nitrogen and oxygen atoms in total. The summed E-state index contributed by atoms with van der Waals surface area (Å²) in [5.41, 5.74) is 3.80. The largest absolute Gasteiger partial charge is 0.305 e. The van der Waals surface area contributed by atoms with Crippen LogP contribution in [0.5, 0.6) is 0 Å². The predicted molar refractivity (Wildman–Crippen MR) is 83.8 cm³/mol. The zero-order chi connectivity index (χ0) is 15.3. The number of hydrogen-bond donors (Lipinski definition) is 1. The Morgan fingerprint density at radius 1 is 1.14 bits per heavy atom. The topological polar surface area (TPSA) is 75.9 Å². The van der Waals surface area contributed by atoms with Gasteiger partial charge in [-0.1, -0.05) is 12.1 Å². The summed E-state index contributed by atoms with van der Waals surface area (Å²) in [4.78, 5) is 23.9. The normalized spacial score (nSPS) is 11.4. The number of para-hydroxylation sites is 1. The van der Waals surface area contributed by atoms with Gasteiger partial charge in [-0.25, -0.2) is 9.50 Å². The number of nitrogens with one attached hydrogen (secondary N) is 1. The summed E-state index contributed by atoms with van der Waals surface area (Å²) in [6.07, 6.45) is 1.85. The second-order valence-electron chi connectivity index (χ2n) is 5.26. The lowest BCUT2D eigenvalue weighted by Crippen LogP contribution is -2.09. The fraction of sp³-hybridized carbons (Fsp3) is 0.125. The van der Waals surface area contributed by atoms with E-state index in [0.717, 1.165) is 16.9 Å². The Morgan fingerprint density at radius 2 is 1.95 bits per heavy atom. The molecular weight excluding hydrogens is 278 g/mol. The number of fused-ring (bicyclic) bond motifs is 2. The molecule has 1 aromatic carbocycles. The van der Waals surface area contributed by atoms with Crippen LogP contribution in [0, 0.1) is 13.8 Å². The second kappa shape index (κ2) is 4.49. The van der Waals surface area contributed by atoms with Gasteiger partial charge in [-0.3, -0.25) is 9.78 Å². The van der Waals surface area contributed by atoms with E-state index in [9.17, 15) is 4.79 Å². The van der Waals surface area contributed by atoms with Gasteiger partial charge >= 0.3 is 0 Å². The summed E-state index contributed by atoms with van der Waals surface area (Å²) in [6.45, 7) is 3.86. The van der Waals surface area contributed by atoms with Crippen LogP contribution in [0.4, 0.5) is 0 Å². The van der Waals surface area contributed by atoms with Crippen molar-refractivity contribution < 1.29 is 0 Å². The SMILES string of the molecule is Cc1cn2nc(-c3nc4ccccc4c(=O)[nH]3)cc2c(C)n1. The van der Waals surface area contributed by atoms with E-state index in [-0.39, 0.29) is 5.56 Å². The van der Waals surface area contributed by atoms with Gasteiger partial charge in [0.15, 0.2) is 5.82 Å². The molecule has 6 heteroatoms. The lowest BCUT2D eigenvalue weighted by atomic mass is 10.2. The summed E-state index contributed by atoms with van der Waals surface area (Å²) in [5.74, 6) is 0.462. The third-order valence-corrected chi connectivity index (χ3v) is 3.62. The van der Waals surface area contributed by atoms with Crippen LogP contribution in [0.2, 0.25) is 0 Å². The first-order chi connectivity index (χ1) is 10.6. The van der Waals surface area contributed by atoms with Gasteiger partial charge in [0.1, 0.15) is 5.69 Å². The third kappa shape index (κ3) is 1.88. The molecule has 0 spiro atoms. The Morgan fingerprint density at radius 3 is 2.82 bits per heavy atom. The standard InChI is InChI=1S/C16H13N5O/c1-9-8-21-14(10(2)17-9)7-13(20-21)15-18-12-6-4-3-5-11(12)16(22)19-15/h3-8H,1-2H3,(H,18,19,22). The van der Waals surface area contributed by atoms with Gasteiger partial charge in [0, 0.05) is 0 Å². The molecule has 0 atom stereocenters. The van der Waals surface area contributed by atoms with Crippen molar-refractivity contribution in [3.05, 3.63) is 58.3 Å². The van der Waals surface area contributed by atoms with E-state index in [0.29, 0.717) is 22.4 Å². The molecule has 0 unspecified atom stereocenters. The Bertz CT molecular complexity index is 1080. The predicted octanol–water partition coefficient (Wildman–Crippen LogP) is 2.25. The molecule has 0 saturated carbocycles. The Kier molecular flexibility index (Phi) is 2.59. The second-order valence-corrected chi connectivity index (χ2v) is 5.26. The molecule has 0 fully saturated rings. The maximum atomic E-state index is 12.2. The molecule has 0 saturated heterocycles. The van der Waals surface area contributed by atoms with Crippen LogP contribution in [-0.4, -0.2) is 24.6 Å². The van der Waals surface area contributed by atoms with Crippen LogP contribution in [0.25, 0.3) is 27.9 Å². The molecule has 3 aromatic heterocycles. The number of hydrogen-bond acceptors (Lipinski definition) is 4. The third-order valence-electron chi connectivity index (χ3n) is 3.62. The quantitative estimate of drug-likeness (QED) is 0.583. The van der Waals surface area contributed by atoms with Crippen LogP contribution in [0.15, 0.2) is 41.3 Å². The van der Waals surface area contributed by atoms with Gasteiger partial charge in [-0.15, -0.1) is 0 Å². The lowest BCUT2D eigenvalue weighted by molar-refractivity contribution is 0.912. The number of aromatic amines is 1. The van der Waals surface area contributed by atoms with Crippen LogP contribution in [0.1, 0.15) is 11.4 Å². The molecule has 0 aliphatic heterocycles. The minimum atomic E-state index is -0.163. The molecule has 0 amide bonds. The summed E-state index contributed by atoms with van der Waals surface area (Å²) in [5, 5.41) is 5.07. The van der Waals surface area contributed by atoms with Gasteiger partial charge in [0.05, 0.1) is 34.0 Å². The van der Waals surface area contributed by atoms with Crippen LogP contribution in [-0.2, 0) is 0 Å². The van der Waals surface area contributed by atoms with Crippen molar-refractivity contribution in [2.75, 3.05) is 0 Å². The summed E-state index contributed by atoms with van der Waals surface area (Å²) in [7, 11) is 0. The van der Waals surface area contributed by atoms with E-state index in [1.54, 1.807) is 10.6 Å². The van der Waals surface area contributed by atoms with Gasteiger partial charge in [-0.05, 0) is 32.0 Å². The van der Waals surface area contributed by atoms with Crippen LogP contribution in [0.3, 0.4) is 0 Å². The number of benzene rings is 1. The van der Waals surface area contributed by atoms with E-state index in [1.807, 2.05) is 44.3 Å². The Balaban J connectivity index is 1.99. The number of rotatable bonds is 1. The Hall–Kier alpha value is -3.02. The fourth-order valence-corrected chi connectivity index (χ4v) is 2.61. The minimum Gasteiger partial charge on any atom is -0.305 e. The van der Waals surface area contributed by atoms with Crippen molar-refractivity contribution in [3.63, 3.8) is 0 Å². The van der Waals surface area contributed by atoms with Crippen molar-refractivity contribution in [1.29, 1.82) is 0 Å². The zero-order valence-electron chi connectivity index (χ0n) is 12.2. The highest BCUT2D eigenvalue weighted by Crippen LogP contribution is 2.18. The van der Waals surface area contributed by atoms with Gasteiger partial charge < -0.3 is 4.98 Å². The van der Waals surface area contributed by atoms with E-state index >= 15 is 0 Å². The number of aryl methyl sites for hydroxylation is 2. The molecule has 4 aromatic rings. The maximum Gasteiger partial charge on any atom is 0.259 e. The van der Waals surface area contributed by atoms with Crippen molar-refractivity contribution >= 4 is 16.4 Å². The molecule has 1 N–H and O–H groups in total. The van der Waals surface area contributed by atoms with E-state index < -0.39 is 0 Å². The van der Waals surface area contributed by atoms with Crippen LogP contribution < -0.4 is 5.56 Å². The van der Waals surface area contributed by atoms with Crippen molar-refractivity contribution in [1.82, 2.24) is 24.6 Å². The van der Waals surface area contributed by atoms with Crippen LogP contribution >= 0.6 is 0 Å². The van der Waals surface area contributed by atoms with E-state index in [4.69, 9.17) is 0 Å². The summed E-state index contributed by atoms with van der Waals surface area (Å²) in [6, 6.07) is 9.14. The molecule has 0 radical (unpaired) electrons. The molecule has 0 aliphatic carbocycles. The van der Waals surface area contributed by atoms with Gasteiger partial charge in [-0.2, -0.15) is 5.10 Å². The van der Waals surface area contributed by atoms with Gasteiger partial charge in [0.25, 0.3) is 5.56 Å². The van der Waals surface area contributed by atoms with Crippen molar-refractivity contribution in [3.8, 4) is 11.5 Å². The Labute approximate surface area is 125 Å². The minimum absolute atomic E-state index is 0.163. The zero-order valence-corrected chi connectivity index (χ0v) is 12.2.